The second-order valence-corrected chi connectivity index (χ2v) is 12.3. The molecule has 0 spiro atoms. The molecule has 0 heterocycles. The van der Waals surface area contributed by atoms with Crippen LogP contribution in [0.15, 0.2) is 0 Å². The van der Waals surface area contributed by atoms with Crippen LogP contribution < -0.4 is 0 Å². The zero-order valence-corrected chi connectivity index (χ0v) is 24.2. The van der Waals surface area contributed by atoms with Gasteiger partial charge in [0, 0.05) is 45.6 Å². The first-order valence-corrected chi connectivity index (χ1v) is 14.1. The monoisotopic (exact) mass is 832 g/mol. The molecule has 0 unspecified atom stereocenters. The van der Waals surface area contributed by atoms with Crippen LogP contribution in [0.25, 0.3) is 0 Å². The SMILES string of the molecule is C[Si](OCCC(F)(F)C(F)(F)C(F)(F)C(F)(F)F)(OCCC(F)(F)C(F)(F)C(F)(F)C(F)(F)F)OCCC(F)(F)C(F)(F)C(F)(F)C(F)(F)F. The van der Waals surface area contributed by atoms with Crippen molar-refractivity contribution in [3.8, 4) is 0 Å². The summed E-state index contributed by atoms with van der Waals surface area (Å²) in [6, 6.07) is 0. The van der Waals surface area contributed by atoms with E-state index in [0.29, 0.717) is 0 Å². The van der Waals surface area contributed by atoms with Crippen LogP contribution in [0, 0.1) is 0 Å². The van der Waals surface area contributed by atoms with Crippen molar-refractivity contribution in [3.63, 3.8) is 0 Å². The van der Waals surface area contributed by atoms with Crippen LogP contribution in [-0.4, -0.2) is 100 Å². The first-order chi connectivity index (χ1) is 21.4. The van der Waals surface area contributed by atoms with E-state index in [1.54, 1.807) is 0 Å². The molecule has 0 aromatic heterocycles. The summed E-state index contributed by atoms with van der Waals surface area (Å²) in [5.41, 5.74) is 0. The minimum Gasteiger partial charge on any atom is -0.373 e. The number of rotatable bonds is 18. The highest BCUT2D eigenvalue weighted by molar-refractivity contribution is 6.59. The van der Waals surface area contributed by atoms with Crippen molar-refractivity contribution in [2.45, 2.75) is 97.6 Å². The quantitative estimate of drug-likeness (QED) is 0.102. The second kappa shape index (κ2) is 13.9. The third kappa shape index (κ3) is 8.87. The van der Waals surface area contributed by atoms with E-state index in [1.165, 1.54) is 0 Å². The molecule has 0 aliphatic rings. The van der Waals surface area contributed by atoms with E-state index in [0.717, 1.165) is 0 Å². The van der Waals surface area contributed by atoms with Crippen molar-refractivity contribution in [2.24, 2.45) is 0 Å². The first-order valence-electron chi connectivity index (χ1n) is 11.9. The van der Waals surface area contributed by atoms with E-state index in [2.05, 4.69) is 13.3 Å². The molecule has 0 aliphatic heterocycles. The molecule has 0 amide bonds. The van der Waals surface area contributed by atoms with Gasteiger partial charge in [-0.25, -0.2) is 0 Å². The summed E-state index contributed by atoms with van der Waals surface area (Å²) in [6.45, 7) is -7.64. The summed E-state index contributed by atoms with van der Waals surface area (Å²) in [5.74, 6) is -64.6. The van der Waals surface area contributed by atoms with Gasteiger partial charge in [-0.15, -0.1) is 0 Å². The predicted octanol–water partition coefficient (Wildman–Crippen LogP) is 10.2. The van der Waals surface area contributed by atoms with Crippen LogP contribution in [0.1, 0.15) is 19.3 Å². The predicted molar refractivity (Wildman–Crippen MR) is 106 cm³/mol. The molecule has 31 heteroatoms. The Bertz CT molecular complexity index is 987. The van der Waals surface area contributed by atoms with Crippen LogP contribution in [0.5, 0.6) is 0 Å². The van der Waals surface area contributed by atoms with E-state index in [-0.39, 0.29) is 6.55 Å². The molecule has 0 aromatic carbocycles. The Labute approximate surface area is 259 Å². The maximum absolute atomic E-state index is 13.7. The molecule has 0 N–H and O–H groups in total. The third-order valence-corrected chi connectivity index (χ3v) is 8.16. The van der Waals surface area contributed by atoms with Gasteiger partial charge in [0.15, 0.2) is 0 Å². The van der Waals surface area contributed by atoms with Gasteiger partial charge < -0.3 is 13.3 Å². The lowest BCUT2D eigenvalue weighted by Gasteiger charge is -2.35. The van der Waals surface area contributed by atoms with Crippen LogP contribution in [0.3, 0.4) is 0 Å². The van der Waals surface area contributed by atoms with Gasteiger partial charge in [-0.1, -0.05) is 0 Å². The van der Waals surface area contributed by atoms with Crippen LogP contribution in [-0.2, 0) is 13.3 Å². The maximum atomic E-state index is 13.7. The molecule has 0 fully saturated rings. The topological polar surface area (TPSA) is 27.7 Å². The molecule has 0 aromatic rings. The largest absolute Gasteiger partial charge is 0.497 e. The molecule has 0 aliphatic carbocycles. The number of halogens is 27. The Kier molecular flexibility index (Phi) is 13.4. The lowest BCUT2D eigenvalue weighted by atomic mass is 10.0. The Morgan fingerprint density at radius 1 is 0.300 bits per heavy atom. The van der Waals surface area contributed by atoms with Gasteiger partial charge in [-0.2, -0.15) is 119 Å². The van der Waals surface area contributed by atoms with Crippen molar-refractivity contribution in [1.29, 1.82) is 0 Å². The highest BCUT2D eigenvalue weighted by atomic mass is 28.4. The third-order valence-electron chi connectivity index (χ3n) is 5.97. The molecule has 0 atom stereocenters. The van der Waals surface area contributed by atoms with Crippen molar-refractivity contribution in [3.05, 3.63) is 0 Å². The van der Waals surface area contributed by atoms with Crippen molar-refractivity contribution in [2.75, 3.05) is 19.8 Å². The minimum atomic E-state index is -7.55. The zero-order chi connectivity index (χ0) is 40.9. The van der Waals surface area contributed by atoms with Crippen molar-refractivity contribution < 1.29 is 132 Å². The number of hydrogen-bond donors (Lipinski definition) is 0. The molecule has 0 rings (SSSR count). The zero-order valence-electron chi connectivity index (χ0n) is 23.2. The maximum Gasteiger partial charge on any atom is 0.497 e. The molecular formula is C19H15F27O3Si. The van der Waals surface area contributed by atoms with E-state index >= 15 is 0 Å². The highest BCUT2D eigenvalue weighted by Gasteiger charge is 2.83. The van der Waals surface area contributed by atoms with Crippen LogP contribution in [0.2, 0.25) is 6.55 Å². The molecule has 0 saturated heterocycles. The summed E-state index contributed by atoms with van der Waals surface area (Å²) in [7, 11) is -5.94. The van der Waals surface area contributed by atoms with Gasteiger partial charge >= 0.3 is 80.6 Å². The van der Waals surface area contributed by atoms with Gasteiger partial charge in [-0.3, -0.25) is 0 Å². The summed E-state index contributed by atoms with van der Waals surface area (Å²) in [6.07, 6.45) is -31.5. The van der Waals surface area contributed by atoms with Gasteiger partial charge in [0.25, 0.3) is 0 Å². The summed E-state index contributed by atoms with van der Waals surface area (Å²) in [4.78, 5) is 0. The Hall–Kier alpha value is -1.79. The van der Waals surface area contributed by atoms with E-state index in [4.69, 9.17) is 0 Å². The number of hydrogen-bond acceptors (Lipinski definition) is 3. The van der Waals surface area contributed by atoms with Gasteiger partial charge in [0.2, 0.25) is 0 Å². The van der Waals surface area contributed by atoms with Crippen LogP contribution >= 0.6 is 0 Å². The first kappa shape index (κ1) is 48.2. The summed E-state index contributed by atoms with van der Waals surface area (Å²) < 4.78 is 363. The molecule has 3 nitrogen and oxygen atoms in total. The van der Waals surface area contributed by atoms with Crippen molar-refractivity contribution >= 4 is 8.80 Å². The normalized spacial score (nSPS) is 16.3. The van der Waals surface area contributed by atoms with Gasteiger partial charge in [0.05, 0.1) is 0 Å². The fourth-order valence-electron chi connectivity index (χ4n) is 2.91. The summed E-state index contributed by atoms with van der Waals surface area (Å²) >= 11 is 0. The van der Waals surface area contributed by atoms with E-state index in [1.807, 2.05) is 0 Å². The average molecular weight is 832 g/mol. The van der Waals surface area contributed by atoms with Crippen LogP contribution in [0.4, 0.5) is 119 Å². The second-order valence-electron chi connectivity index (χ2n) is 9.71. The van der Waals surface area contributed by atoms with Crippen molar-refractivity contribution in [1.82, 2.24) is 0 Å². The number of alkyl halides is 27. The Balaban J connectivity index is 6.34. The molecule has 0 bridgehead atoms. The van der Waals surface area contributed by atoms with Gasteiger partial charge in [-0.05, 0) is 0 Å². The fraction of sp³-hybridized carbons (Fsp3) is 1.00. The molecule has 0 radical (unpaired) electrons. The molecule has 50 heavy (non-hydrogen) atoms. The van der Waals surface area contributed by atoms with Gasteiger partial charge in [0.1, 0.15) is 0 Å². The smallest absolute Gasteiger partial charge is 0.373 e. The average Bonchev–Trinajstić information content (AvgIpc) is 2.85. The lowest BCUT2D eigenvalue weighted by Crippen LogP contribution is -2.61. The fourth-order valence-corrected chi connectivity index (χ4v) is 4.58. The molecular weight excluding hydrogens is 817 g/mol. The molecule has 302 valence electrons. The molecule has 0 saturated carbocycles. The standard InChI is InChI=1S/C19H15F27O3Si/c1-50(47-5-2-8(20,21)11(26,27)14(32,33)17(38,39)40,48-6-3-9(22,23)12(28,29)15(34,35)18(41,42)43)49-7-4-10(24,25)13(30,31)16(36,37)19(44,45)46/h2-7H2,1H3. The van der Waals surface area contributed by atoms with E-state index in [9.17, 15) is 119 Å². The highest BCUT2D eigenvalue weighted by Crippen LogP contribution is 2.56. The Morgan fingerprint density at radius 2 is 0.460 bits per heavy atom. The van der Waals surface area contributed by atoms with E-state index < -0.39 is 120 Å². The minimum absolute atomic E-state index is 0.130. The lowest BCUT2D eigenvalue weighted by molar-refractivity contribution is -0.397. The summed E-state index contributed by atoms with van der Waals surface area (Å²) in [5, 5.41) is 0. The Morgan fingerprint density at radius 3 is 0.600 bits per heavy atom.